The second-order valence-corrected chi connectivity index (χ2v) is 13.5. The van der Waals surface area contributed by atoms with Gasteiger partial charge in [0.1, 0.15) is 0 Å². The summed E-state index contributed by atoms with van der Waals surface area (Å²) in [5, 5.41) is 7.54. The van der Waals surface area contributed by atoms with Gasteiger partial charge in [-0.25, -0.2) is 0 Å². The Morgan fingerprint density at radius 2 is 1.06 bits per heavy atom. The Bertz CT molecular complexity index is 2500. The highest BCUT2D eigenvalue weighted by atomic mass is 15.1. The van der Waals surface area contributed by atoms with E-state index in [0.717, 1.165) is 5.69 Å². The van der Waals surface area contributed by atoms with Gasteiger partial charge in [0.15, 0.2) is 0 Å². The van der Waals surface area contributed by atoms with Crippen molar-refractivity contribution in [2.45, 2.75) is 26.2 Å². The van der Waals surface area contributed by atoms with Crippen LogP contribution in [0, 0.1) is 6.92 Å². The van der Waals surface area contributed by atoms with Crippen LogP contribution in [0.4, 0.5) is 17.1 Å². The molecule has 0 unspecified atom stereocenters. The minimum Gasteiger partial charge on any atom is -0.309 e. The lowest BCUT2D eigenvalue weighted by Crippen LogP contribution is -2.16. The van der Waals surface area contributed by atoms with Gasteiger partial charge >= 0.3 is 0 Å². The first kappa shape index (κ1) is 27.6. The fourth-order valence-electron chi connectivity index (χ4n) is 7.84. The SMILES string of the molecule is Cc1ccc(N(c2cccc3c2-c2cc4ccccc4cc2C3(C)C)c2ccc3ccccc3c2-c2ccc3ccccc3c2)cc1. The normalized spacial score (nSPS) is 13.2. The molecule has 0 radical (unpaired) electrons. The maximum atomic E-state index is 2.51. The second kappa shape index (κ2) is 10.4. The van der Waals surface area contributed by atoms with Crippen molar-refractivity contribution >= 4 is 49.4 Å². The first-order valence-electron chi connectivity index (χ1n) is 16.5. The molecule has 1 aliphatic carbocycles. The minimum absolute atomic E-state index is 0.131. The van der Waals surface area contributed by atoms with Gasteiger partial charge in [0.25, 0.3) is 0 Å². The van der Waals surface area contributed by atoms with E-state index in [1.807, 2.05) is 0 Å². The van der Waals surface area contributed by atoms with Crippen LogP contribution in [0.25, 0.3) is 54.6 Å². The number of fused-ring (bicyclic) bond motifs is 6. The molecule has 0 bridgehead atoms. The Morgan fingerprint density at radius 3 is 1.83 bits per heavy atom. The Labute approximate surface area is 276 Å². The number of rotatable bonds is 4. The minimum atomic E-state index is -0.131. The number of aryl methyl sites for hydroxylation is 1. The molecular weight excluding hydrogens is 567 g/mol. The van der Waals surface area contributed by atoms with E-state index in [4.69, 9.17) is 0 Å². The van der Waals surface area contributed by atoms with Crippen molar-refractivity contribution in [1.82, 2.24) is 0 Å². The summed E-state index contributed by atoms with van der Waals surface area (Å²) in [6.07, 6.45) is 0. The quantitative estimate of drug-likeness (QED) is 0.194. The molecule has 0 saturated carbocycles. The lowest BCUT2D eigenvalue weighted by atomic mass is 9.82. The van der Waals surface area contributed by atoms with Gasteiger partial charge in [-0.05, 0) is 104 Å². The van der Waals surface area contributed by atoms with Crippen molar-refractivity contribution in [3.63, 3.8) is 0 Å². The molecule has 0 fully saturated rings. The smallest absolute Gasteiger partial charge is 0.0546 e. The van der Waals surface area contributed by atoms with E-state index in [2.05, 4.69) is 183 Å². The average molecular weight is 602 g/mol. The molecule has 9 rings (SSSR count). The van der Waals surface area contributed by atoms with Gasteiger partial charge in [0.2, 0.25) is 0 Å². The van der Waals surface area contributed by atoms with Gasteiger partial charge in [-0.1, -0.05) is 135 Å². The third-order valence-corrected chi connectivity index (χ3v) is 10.3. The summed E-state index contributed by atoms with van der Waals surface area (Å²) in [6.45, 7) is 6.92. The lowest BCUT2D eigenvalue weighted by molar-refractivity contribution is 0.661. The summed E-state index contributed by atoms with van der Waals surface area (Å²) in [4.78, 5) is 2.51. The van der Waals surface area contributed by atoms with Crippen molar-refractivity contribution < 1.29 is 0 Å². The number of hydrogen-bond donors (Lipinski definition) is 0. The van der Waals surface area contributed by atoms with Crippen LogP contribution in [-0.2, 0) is 5.41 Å². The molecule has 8 aromatic rings. The maximum absolute atomic E-state index is 2.51. The monoisotopic (exact) mass is 601 g/mol. The highest BCUT2D eigenvalue weighted by Crippen LogP contribution is 2.56. The van der Waals surface area contributed by atoms with Crippen LogP contribution < -0.4 is 4.90 Å². The molecule has 1 nitrogen and oxygen atoms in total. The zero-order chi connectivity index (χ0) is 31.7. The van der Waals surface area contributed by atoms with Gasteiger partial charge in [-0.2, -0.15) is 0 Å². The van der Waals surface area contributed by atoms with Crippen molar-refractivity contribution in [3.05, 3.63) is 174 Å². The maximum Gasteiger partial charge on any atom is 0.0546 e. The number of hydrogen-bond acceptors (Lipinski definition) is 1. The first-order chi connectivity index (χ1) is 23.0. The summed E-state index contributed by atoms with van der Waals surface area (Å²) in [5.74, 6) is 0. The molecule has 0 atom stereocenters. The van der Waals surface area contributed by atoms with Gasteiger partial charge in [0.05, 0.1) is 11.4 Å². The van der Waals surface area contributed by atoms with E-state index < -0.39 is 0 Å². The van der Waals surface area contributed by atoms with E-state index in [1.54, 1.807) is 0 Å². The summed E-state index contributed by atoms with van der Waals surface area (Å²) in [6, 6.07) is 58.5. The molecule has 0 heterocycles. The topological polar surface area (TPSA) is 3.24 Å². The highest BCUT2D eigenvalue weighted by Gasteiger charge is 2.38. The summed E-state index contributed by atoms with van der Waals surface area (Å²) < 4.78 is 0. The van der Waals surface area contributed by atoms with E-state index in [-0.39, 0.29) is 5.41 Å². The van der Waals surface area contributed by atoms with Crippen LogP contribution in [0.15, 0.2) is 158 Å². The molecule has 0 aromatic heterocycles. The summed E-state index contributed by atoms with van der Waals surface area (Å²) in [7, 11) is 0. The molecule has 224 valence electrons. The molecule has 1 aliphatic rings. The molecule has 0 spiro atoms. The molecule has 0 N–H and O–H groups in total. The number of anilines is 3. The van der Waals surface area contributed by atoms with Crippen molar-refractivity contribution in [1.29, 1.82) is 0 Å². The second-order valence-electron chi connectivity index (χ2n) is 13.5. The fraction of sp³-hybridized carbons (Fsp3) is 0.0870. The third-order valence-electron chi connectivity index (χ3n) is 10.3. The molecule has 1 heteroatoms. The van der Waals surface area contributed by atoms with Gasteiger partial charge in [-0.15, -0.1) is 0 Å². The number of nitrogens with zero attached hydrogens (tertiary/aromatic N) is 1. The summed E-state index contributed by atoms with van der Waals surface area (Å²) >= 11 is 0. The third kappa shape index (κ3) is 4.31. The Balaban J connectivity index is 1.38. The molecule has 0 aliphatic heterocycles. The van der Waals surface area contributed by atoms with Gasteiger partial charge < -0.3 is 4.90 Å². The predicted octanol–water partition coefficient (Wildman–Crippen LogP) is 12.9. The van der Waals surface area contributed by atoms with Crippen LogP contribution in [0.1, 0.15) is 30.5 Å². The average Bonchev–Trinajstić information content (AvgIpc) is 3.33. The highest BCUT2D eigenvalue weighted by molar-refractivity contribution is 6.08. The Hall–Kier alpha value is -5.66. The van der Waals surface area contributed by atoms with Crippen LogP contribution in [0.2, 0.25) is 0 Å². The van der Waals surface area contributed by atoms with Gasteiger partial charge in [0, 0.05) is 22.2 Å². The molecule has 0 amide bonds. The zero-order valence-electron chi connectivity index (χ0n) is 27.0. The van der Waals surface area contributed by atoms with Crippen LogP contribution in [0.5, 0.6) is 0 Å². The van der Waals surface area contributed by atoms with E-state index >= 15 is 0 Å². The predicted molar refractivity (Wildman–Crippen MR) is 201 cm³/mol. The standard InChI is InChI=1S/C46H35N/c1-30-19-24-37(25-20-30)47(42-18-10-17-40-45(42)39-28-34-14-6-7-15-35(34)29-41(39)46(40,2)3)43-26-23-32-12-8-9-16-38(32)44(43)36-22-21-31-11-4-5-13-33(31)27-36/h4-29H,1-3H3. The van der Waals surface area contributed by atoms with Crippen molar-refractivity contribution in [2.75, 3.05) is 4.90 Å². The van der Waals surface area contributed by atoms with E-state index in [1.165, 1.54) is 82.6 Å². The first-order valence-corrected chi connectivity index (χ1v) is 16.5. The van der Waals surface area contributed by atoms with Crippen LogP contribution in [0.3, 0.4) is 0 Å². The molecule has 0 saturated heterocycles. The van der Waals surface area contributed by atoms with Crippen molar-refractivity contribution in [2.24, 2.45) is 0 Å². The van der Waals surface area contributed by atoms with Crippen LogP contribution >= 0.6 is 0 Å². The van der Waals surface area contributed by atoms with Gasteiger partial charge in [-0.3, -0.25) is 0 Å². The lowest BCUT2D eigenvalue weighted by Gasteiger charge is -2.31. The summed E-state index contributed by atoms with van der Waals surface area (Å²) in [5.41, 5.74) is 12.5. The Kier molecular flexibility index (Phi) is 6.14. The Morgan fingerprint density at radius 1 is 0.447 bits per heavy atom. The van der Waals surface area contributed by atoms with Crippen LogP contribution in [-0.4, -0.2) is 0 Å². The molecular formula is C46H35N. The van der Waals surface area contributed by atoms with E-state index in [9.17, 15) is 0 Å². The fourth-order valence-corrected chi connectivity index (χ4v) is 7.84. The molecule has 47 heavy (non-hydrogen) atoms. The van der Waals surface area contributed by atoms with E-state index in [0.29, 0.717) is 0 Å². The molecule has 8 aromatic carbocycles. The number of benzene rings is 8. The zero-order valence-corrected chi connectivity index (χ0v) is 27.0. The van der Waals surface area contributed by atoms with Crippen molar-refractivity contribution in [3.8, 4) is 22.3 Å². The largest absolute Gasteiger partial charge is 0.309 e.